The number of amides is 1. The van der Waals surface area contributed by atoms with Crippen molar-refractivity contribution in [3.8, 4) is 0 Å². The van der Waals surface area contributed by atoms with Gasteiger partial charge < -0.3 is 9.80 Å². The van der Waals surface area contributed by atoms with Crippen LogP contribution in [-0.2, 0) is 11.2 Å². The van der Waals surface area contributed by atoms with Crippen molar-refractivity contribution in [3.63, 3.8) is 0 Å². The minimum Gasteiger partial charge on any atom is -0.345 e. The Morgan fingerprint density at radius 1 is 1.11 bits per heavy atom. The summed E-state index contributed by atoms with van der Waals surface area (Å²) in [4.78, 5) is 22.9. The number of fused-ring (bicyclic) bond motifs is 1. The van der Waals surface area contributed by atoms with Crippen LogP contribution in [0.5, 0.6) is 0 Å². The average molecular weight is 398 g/mol. The van der Waals surface area contributed by atoms with Crippen molar-refractivity contribution < 1.29 is 4.79 Å². The summed E-state index contributed by atoms with van der Waals surface area (Å²) in [6.45, 7) is 3.26. The Morgan fingerprint density at radius 2 is 1.89 bits per heavy atom. The zero-order chi connectivity index (χ0) is 18.6. The molecule has 0 spiro atoms. The van der Waals surface area contributed by atoms with Gasteiger partial charge in [0.15, 0.2) is 5.13 Å². The van der Waals surface area contributed by atoms with Crippen molar-refractivity contribution in [2.45, 2.75) is 17.7 Å². The van der Waals surface area contributed by atoms with Gasteiger partial charge in [-0.15, -0.1) is 11.8 Å². The first-order valence-electron chi connectivity index (χ1n) is 9.24. The number of thioether (sulfide) groups is 1. The predicted octanol–water partition coefficient (Wildman–Crippen LogP) is 4.30. The van der Waals surface area contributed by atoms with E-state index in [1.54, 1.807) is 23.1 Å². The van der Waals surface area contributed by atoms with Crippen molar-refractivity contribution in [1.29, 1.82) is 0 Å². The summed E-state index contributed by atoms with van der Waals surface area (Å²) in [5, 5.41) is 1.07. The molecular formula is C21H23N3OS2. The molecule has 0 atom stereocenters. The van der Waals surface area contributed by atoms with Crippen LogP contribution >= 0.6 is 23.1 Å². The number of benzene rings is 2. The van der Waals surface area contributed by atoms with Crippen LogP contribution < -0.4 is 4.90 Å². The highest BCUT2D eigenvalue weighted by Gasteiger charge is 2.23. The van der Waals surface area contributed by atoms with E-state index >= 15 is 0 Å². The SMILES string of the molecule is CSc1ccc2nc(N3CCN(C(=O)CCc4ccccc4)CC3)sc2c1. The number of hydrogen-bond donors (Lipinski definition) is 0. The molecule has 2 heterocycles. The normalized spacial score (nSPS) is 14.7. The van der Waals surface area contributed by atoms with Gasteiger partial charge in [0.25, 0.3) is 0 Å². The van der Waals surface area contributed by atoms with E-state index in [1.165, 1.54) is 15.2 Å². The van der Waals surface area contributed by atoms with Crippen LogP contribution in [0.15, 0.2) is 53.4 Å². The van der Waals surface area contributed by atoms with E-state index in [4.69, 9.17) is 4.98 Å². The third-order valence-corrected chi connectivity index (χ3v) is 6.76. The lowest BCUT2D eigenvalue weighted by molar-refractivity contribution is -0.131. The van der Waals surface area contributed by atoms with E-state index in [-0.39, 0.29) is 5.91 Å². The van der Waals surface area contributed by atoms with Crippen LogP contribution in [0.3, 0.4) is 0 Å². The Labute approximate surface area is 168 Å². The molecule has 27 heavy (non-hydrogen) atoms. The average Bonchev–Trinajstić information content (AvgIpc) is 3.16. The smallest absolute Gasteiger partial charge is 0.223 e. The van der Waals surface area contributed by atoms with Crippen LogP contribution in [0.25, 0.3) is 10.2 Å². The molecule has 0 N–H and O–H groups in total. The Kier molecular flexibility index (Phi) is 5.64. The maximum atomic E-state index is 12.5. The molecule has 3 aromatic rings. The summed E-state index contributed by atoms with van der Waals surface area (Å²) in [6.07, 6.45) is 3.50. The van der Waals surface area contributed by atoms with E-state index in [9.17, 15) is 4.79 Å². The molecule has 1 saturated heterocycles. The fourth-order valence-electron chi connectivity index (χ4n) is 3.36. The lowest BCUT2D eigenvalue weighted by Gasteiger charge is -2.34. The fourth-order valence-corrected chi connectivity index (χ4v) is 4.93. The fraction of sp³-hybridized carbons (Fsp3) is 0.333. The monoisotopic (exact) mass is 397 g/mol. The molecule has 1 aliphatic heterocycles. The summed E-state index contributed by atoms with van der Waals surface area (Å²) in [6, 6.07) is 16.7. The maximum absolute atomic E-state index is 12.5. The zero-order valence-electron chi connectivity index (χ0n) is 15.4. The number of anilines is 1. The number of hydrogen-bond acceptors (Lipinski definition) is 5. The summed E-state index contributed by atoms with van der Waals surface area (Å²) >= 11 is 3.50. The second kappa shape index (κ2) is 8.31. The zero-order valence-corrected chi connectivity index (χ0v) is 17.1. The molecule has 1 aromatic heterocycles. The van der Waals surface area contributed by atoms with Gasteiger partial charge in [-0.1, -0.05) is 41.7 Å². The van der Waals surface area contributed by atoms with E-state index in [0.717, 1.165) is 43.2 Å². The first kappa shape index (κ1) is 18.3. The summed E-state index contributed by atoms with van der Waals surface area (Å²) in [7, 11) is 0. The summed E-state index contributed by atoms with van der Waals surface area (Å²) in [5.41, 5.74) is 2.29. The van der Waals surface area contributed by atoms with Crippen LogP contribution in [0.4, 0.5) is 5.13 Å². The van der Waals surface area contributed by atoms with Crippen LogP contribution in [0, 0.1) is 0 Å². The van der Waals surface area contributed by atoms with Crippen molar-refractivity contribution in [1.82, 2.24) is 9.88 Å². The molecule has 0 radical (unpaired) electrons. The maximum Gasteiger partial charge on any atom is 0.223 e. The minimum absolute atomic E-state index is 0.257. The van der Waals surface area contributed by atoms with Gasteiger partial charge in [-0.3, -0.25) is 4.79 Å². The van der Waals surface area contributed by atoms with Crippen molar-refractivity contribution in [2.75, 3.05) is 37.3 Å². The molecule has 1 aliphatic rings. The predicted molar refractivity (Wildman–Crippen MR) is 115 cm³/mol. The second-order valence-corrected chi connectivity index (χ2v) is 8.57. The lowest BCUT2D eigenvalue weighted by Crippen LogP contribution is -2.48. The molecule has 1 amide bonds. The van der Waals surface area contributed by atoms with Gasteiger partial charge in [0.2, 0.25) is 5.91 Å². The van der Waals surface area contributed by atoms with E-state index in [2.05, 4.69) is 41.5 Å². The molecular weight excluding hydrogens is 374 g/mol. The quantitative estimate of drug-likeness (QED) is 0.602. The topological polar surface area (TPSA) is 36.4 Å². The number of thiazole rings is 1. The van der Waals surface area contributed by atoms with Gasteiger partial charge in [0.1, 0.15) is 0 Å². The Bertz CT molecular complexity index is 918. The van der Waals surface area contributed by atoms with E-state index in [0.29, 0.717) is 6.42 Å². The second-order valence-electron chi connectivity index (χ2n) is 6.68. The largest absolute Gasteiger partial charge is 0.345 e. The van der Waals surface area contributed by atoms with Gasteiger partial charge in [-0.2, -0.15) is 0 Å². The number of rotatable bonds is 5. The molecule has 6 heteroatoms. The molecule has 2 aromatic carbocycles. The minimum atomic E-state index is 0.257. The highest BCUT2D eigenvalue weighted by Crippen LogP contribution is 2.32. The van der Waals surface area contributed by atoms with Gasteiger partial charge >= 0.3 is 0 Å². The van der Waals surface area contributed by atoms with Crippen molar-refractivity contribution in [3.05, 3.63) is 54.1 Å². The van der Waals surface area contributed by atoms with Crippen LogP contribution in [0.1, 0.15) is 12.0 Å². The third-order valence-electron chi connectivity index (χ3n) is 4.96. The molecule has 0 saturated carbocycles. The number of aromatic nitrogens is 1. The first-order valence-corrected chi connectivity index (χ1v) is 11.3. The number of aryl methyl sites for hydroxylation is 1. The van der Waals surface area contributed by atoms with Crippen molar-refractivity contribution in [2.24, 2.45) is 0 Å². The Morgan fingerprint density at radius 3 is 2.63 bits per heavy atom. The number of piperazine rings is 1. The van der Waals surface area contributed by atoms with Gasteiger partial charge in [0, 0.05) is 37.5 Å². The number of nitrogens with zero attached hydrogens (tertiary/aromatic N) is 3. The number of carbonyl (C=O) groups is 1. The lowest BCUT2D eigenvalue weighted by atomic mass is 10.1. The molecule has 0 bridgehead atoms. The van der Waals surface area contributed by atoms with Crippen LogP contribution in [-0.4, -0.2) is 48.2 Å². The molecule has 140 valence electrons. The van der Waals surface area contributed by atoms with Crippen LogP contribution in [0.2, 0.25) is 0 Å². The molecule has 0 aliphatic carbocycles. The summed E-state index contributed by atoms with van der Waals surface area (Å²) < 4.78 is 1.23. The first-order chi connectivity index (χ1) is 13.2. The highest BCUT2D eigenvalue weighted by molar-refractivity contribution is 7.98. The van der Waals surface area contributed by atoms with Gasteiger partial charge in [-0.25, -0.2) is 4.98 Å². The third kappa shape index (κ3) is 4.28. The van der Waals surface area contributed by atoms with E-state index in [1.807, 2.05) is 23.1 Å². The van der Waals surface area contributed by atoms with E-state index < -0.39 is 0 Å². The number of carbonyl (C=O) groups excluding carboxylic acids is 1. The van der Waals surface area contributed by atoms with Gasteiger partial charge in [-0.05, 0) is 36.4 Å². The molecule has 0 unspecified atom stereocenters. The highest BCUT2D eigenvalue weighted by atomic mass is 32.2. The molecule has 4 nitrogen and oxygen atoms in total. The Hall–Kier alpha value is -2.05. The van der Waals surface area contributed by atoms with Gasteiger partial charge in [0.05, 0.1) is 10.2 Å². The summed E-state index contributed by atoms with van der Waals surface area (Å²) in [5.74, 6) is 0.257. The van der Waals surface area contributed by atoms with Crippen molar-refractivity contribution >= 4 is 44.4 Å². The standard InChI is InChI=1S/C21H23N3OS2/c1-26-17-8-9-18-19(15-17)27-21(22-18)24-13-11-23(12-14-24)20(25)10-7-16-5-3-2-4-6-16/h2-6,8-9,15H,7,10-14H2,1H3. The molecule has 1 fully saturated rings. The Balaban J connectivity index is 1.33. The molecule has 4 rings (SSSR count).